The van der Waals surface area contributed by atoms with Crippen molar-refractivity contribution in [1.29, 1.82) is 0 Å². The normalized spacial score (nSPS) is 11.1. The van der Waals surface area contributed by atoms with Crippen molar-refractivity contribution in [3.8, 4) is 17.5 Å². The van der Waals surface area contributed by atoms with E-state index in [2.05, 4.69) is 4.98 Å². The summed E-state index contributed by atoms with van der Waals surface area (Å²) in [5.41, 5.74) is 0.646. The zero-order chi connectivity index (χ0) is 11.1. The molecule has 3 aromatic rings. The fourth-order valence-corrected chi connectivity index (χ4v) is 1.88. The largest absolute Gasteiger partial charge is 0.494 e. The molecule has 5 heteroatoms. The molecule has 0 saturated carbocycles. The Bertz CT molecular complexity index is 643. The maximum absolute atomic E-state index is 9.79. The summed E-state index contributed by atoms with van der Waals surface area (Å²) in [6.45, 7) is 0. The molecular formula is C11H7ClN2O2. The van der Waals surface area contributed by atoms with Gasteiger partial charge in [-0.2, -0.15) is 0 Å². The molecule has 3 rings (SSSR count). The van der Waals surface area contributed by atoms with E-state index in [9.17, 15) is 5.11 Å². The lowest BCUT2D eigenvalue weighted by molar-refractivity contribution is 0.445. The second-order valence-electron chi connectivity index (χ2n) is 3.31. The third-order valence-corrected chi connectivity index (χ3v) is 2.62. The summed E-state index contributed by atoms with van der Waals surface area (Å²) in [6, 6.07) is 8.57. The van der Waals surface area contributed by atoms with Gasteiger partial charge in [0.15, 0.2) is 22.6 Å². The Morgan fingerprint density at radius 1 is 1.25 bits per heavy atom. The van der Waals surface area contributed by atoms with Crippen LogP contribution in [0.3, 0.4) is 0 Å². The zero-order valence-corrected chi connectivity index (χ0v) is 8.85. The topological polar surface area (TPSA) is 50.7 Å². The van der Waals surface area contributed by atoms with Gasteiger partial charge in [0.2, 0.25) is 0 Å². The highest BCUT2D eigenvalue weighted by atomic mass is 35.5. The number of halogens is 1. The Balaban J connectivity index is 2.42. The Morgan fingerprint density at radius 3 is 2.88 bits per heavy atom. The summed E-state index contributed by atoms with van der Waals surface area (Å²) < 4.78 is 6.79. The van der Waals surface area contributed by atoms with E-state index in [0.717, 1.165) is 0 Å². The zero-order valence-electron chi connectivity index (χ0n) is 8.09. The number of nitrogens with zero attached hydrogens (tertiary/aromatic N) is 2. The molecule has 0 atom stereocenters. The fourth-order valence-electron chi connectivity index (χ4n) is 1.65. The molecule has 4 nitrogen and oxygen atoms in total. The van der Waals surface area contributed by atoms with Gasteiger partial charge in [0.1, 0.15) is 0 Å². The fraction of sp³-hybridized carbons (Fsp3) is 0. The molecular weight excluding hydrogens is 228 g/mol. The number of imidazole rings is 1. The number of hydrogen-bond donors (Lipinski definition) is 1. The first-order chi connectivity index (χ1) is 7.77. The van der Waals surface area contributed by atoms with Crippen molar-refractivity contribution in [2.75, 3.05) is 0 Å². The summed E-state index contributed by atoms with van der Waals surface area (Å²) in [5, 5.41) is 10.1. The second-order valence-corrected chi connectivity index (χ2v) is 3.67. The molecule has 0 spiro atoms. The quantitative estimate of drug-likeness (QED) is 0.704. The van der Waals surface area contributed by atoms with E-state index < -0.39 is 0 Å². The van der Waals surface area contributed by atoms with Crippen LogP contribution in [0.2, 0.25) is 5.15 Å². The van der Waals surface area contributed by atoms with Crippen LogP contribution in [0.1, 0.15) is 0 Å². The van der Waals surface area contributed by atoms with Crippen LogP contribution in [0.25, 0.3) is 17.1 Å². The van der Waals surface area contributed by atoms with Gasteiger partial charge in [0.25, 0.3) is 0 Å². The molecule has 3 heterocycles. The Labute approximate surface area is 95.7 Å². The first kappa shape index (κ1) is 9.30. The van der Waals surface area contributed by atoms with E-state index in [1.54, 1.807) is 41.0 Å². The highest BCUT2D eigenvalue weighted by Crippen LogP contribution is 2.29. The van der Waals surface area contributed by atoms with Crippen LogP contribution in [0.5, 0.6) is 5.88 Å². The highest BCUT2D eigenvalue weighted by molar-refractivity contribution is 6.32. The molecule has 0 bridgehead atoms. The van der Waals surface area contributed by atoms with Gasteiger partial charge in [-0.3, -0.25) is 4.40 Å². The highest BCUT2D eigenvalue weighted by Gasteiger charge is 2.15. The van der Waals surface area contributed by atoms with Crippen molar-refractivity contribution in [3.05, 3.63) is 41.7 Å². The average molecular weight is 235 g/mol. The standard InChI is InChI=1S/C11H7ClN2O2/c12-10-7-3-1-5-9(15)14(7)11(13-10)8-4-2-6-16-8/h1-6,15H. The van der Waals surface area contributed by atoms with Crippen molar-refractivity contribution >= 4 is 17.1 Å². The maximum atomic E-state index is 9.79. The van der Waals surface area contributed by atoms with Crippen LogP contribution in [0.15, 0.2) is 41.0 Å². The van der Waals surface area contributed by atoms with Gasteiger partial charge >= 0.3 is 0 Å². The molecule has 16 heavy (non-hydrogen) atoms. The molecule has 0 unspecified atom stereocenters. The number of rotatable bonds is 1. The van der Waals surface area contributed by atoms with E-state index in [0.29, 0.717) is 22.3 Å². The second kappa shape index (κ2) is 3.28. The number of aromatic hydroxyl groups is 1. The van der Waals surface area contributed by atoms with Crippen LogP contribution in [0.4, 0.5) is 0 Å². The van der Waals surface area contributed by atoms with Gasteiger partial charge in [0.05, 0.1) is 11.8 Å². The van der Waals surface area contributed by atoms with E-state index in [1.807, 2.05) is 0 Å². The van der Waals surface area contributed by atoms with E-state index in [-0.39, 0.29) is 5.88 Å². The summed E-state index contributed by atoms with van der Waals surface area (Å²) >= 11 is 5.98. The van der Waals surface area contributed by atoms with E-state index >= 15 is 0 Å². The van der Waals surface area contributed by atoms with Gasteiger partial charge in [0, 0.05) is 0 Å². The average Bonchev–Trinajstić information content (AvgIpc) is 2.87. The molecule has 0 aliphatic rings. The van der Waals surface area contributed by atoms with E-state index in [4.69, 9.17) is 16.0 Å². The number of aromatic nitrogens is 2. The smallest absolute Gasteiger partial charge is 0.197 e. The minimum absolute atomic E-state index is 0.0725. The Hall–Kier alpha value is -1.94. The predicted octanol–water partition coefficient (Wildman–Crippen LogP) is 2.95. The molecule has 0 aromatic carbocycles. The number of fused-ring (bicyclic) bond motifs is 1. The van der Waals surface area contributed by atoms with Crippen molar-refractivity contribution in [2.24, 2.45) is 0 Å². The third-order valence-electron chi connectivity index (χ3n) is 2.34. The lowest BCUT2D eigenvalue weighted by Gasteiger charge is -2.00. The molecule has 0 fully saturated rings. The Morgan fingerprint density at radius 2 is 2.12 bits per heavy atom. The number of hydrogen-bond acceptors (Lipinski definition) is 3. The molecule has 0 saturated heterocycles. The maximum Gasteiger partial charge on any atom is 0.197 e. The third kappa shape index (κ3) is 1.20. The molecule has 3 aromatic heterocycles. The molecule has 0 amide bonds. The van der Waals surface area contributed by atoms with Crippen LogP contribution in [0, 0.1) is 0 Å². The van der Waals surface area contributed by atoms with Gasteiger partial charge in [-0.05, 0) is 24.3 Å². The van der Waals surface area contributed by atoms with Crippen LogP contribution in [-0.4, -0.2) is 14.5 Å². The lowest BCUT2D eigenvalue weighted by atomic mass is 10.4. The van der Waals surface area contributed by atoms with E-state index in [1.165, 1.54) is 0 Å². The molecule has 0 aliphatic heterocycles. The van der Waals surface area contributed by atoms with Crippen molar-refractivity contribution in [3.63, 3.8) is 0 Å². The summed E-state index contributed by atoms with van der Waals surface area (Å²) in [4.78, 5) is 4.17. The monoisotopic (exact) mass is 234 g/mol. The minimum atomic E-state index is 0.0725. The lowest BCUT2D eigenvalue weighted by Crippen LogP contribution is -1.88. The minimum Gasteiger partial charge on any atom is -0.494 e. The predicted molar refractivity (Wildman–Crippen MR) is 59.6 cm³/mol. The molecule has 80 valence electrons. The van der Waals surface area contributed by atoms with Crippen molar-refractivity contribution in [1.82, 2.24) is 9.38 Å². The summed E-state index contributed by atoms with van der Waals surface area (Å²) in [7, 11) is 0. The number of furan rings is 1. The van der Waals surface area contributed by atoms with Gasteiger partial charge < -0.3 is 9.52 Å². The van der Waals surface area contributed by atoms with Gasteiger partial charge in [-0.25, -0.2) is 4.98 Å². The SMILES string of the molecule is Oc1cccc2c(Cl)nc(-c3ccco3)n12. The first-order valence-electron chi connectivity index (χ1n) is 4.67. The summed E-state index contributed by atoms with van der Waals surface area (Å²) in [6.07, 6.45) is 1.55. The summed E-state index contributed by atoms with van der Waals surface area (Å²) in [5.74, 6) is 1.12. The Kier molecular flexibility index (Phi) is 1.91. The van der Waals surface area contributed by atoms with Crippen LogP contribution in [-0.2, 0) is 0 Å². The molecule has 1 N–H and O–H groups in total. The first-order valence-corrected chi connectivity index (χ1v) is 5.05. The molecule has 0 aliphatic carbocycles. The van der Waals surface area contributed by atoms with Crippen molar-refractivity contribution < 1.29 is 9.52 Å². The molecule has 0 radical (unpaired) electrons. The number of pyridine rings is 1. The van der Waals surface area contributed by atoms with Crippen LogP contribution < -0.4 is 0 Å². The van der Waals surface area contributed by atoms with Crippen LogP contribution >= 0.6 is 11.6 Å². The van der Waals surface area contributed by atoms with Gasteiger partial charge in [-0.15, -0.1) is 0 Å². The van der Waals surface area contributed by atoms with Crippen molar-refractivity contribution in [2.45, 2.75) is 0 Å². The van der Waals surface area contributed by atoms with Gasteiger partial charge in [-0.1, -0.05) is 17.7 Å².